The van der Waals surface area contributed by atoms with Gasteiger partial charge in [-0.2, -0.15) is 13.2 Å². The van der Waals surface area contributed by atoms with Crippen LogP contribution in [0.1, 0.15) is 49.2 Å². The molecular formula is C22H21F4N5O2. The third-order valence-electron chi connectivity index (χ3n) is 5.53. The second-order valence-electron chi connectivity index (χ2n) is 8.02. The highest BCUT2D eigenvalue weighted by Gasteiger charge is 2.34. The predicted octanol–water partition coefficient (Wildman–Crippen LogP) is 4.15. The molecular weight excluding hydrogens is 442 g/mol. The van der Waals surface area contributed by atoms with Crippen molar-refractivity contribution >= 4 is 11.6 Å². The molecule has 7 nitrogen and oxygen atoms in total. The molecule has 0 spiro atoms. The van der Waals surface area contributed by atoms with Gasteiger partial charge in [0.2, 0.25) is 5.91 Å². The molecule has 1 aliphatic rings. The largest absolute Gasteiger partial charge is 0.433 e. The summed E-state index contributed by atoms with van der Waals surface area (Å²) in [6, 6.07) is 4.33. The highest BCUT2D eigenvalue weighted by Crippen LogP contribution is 2.36. The second-order valence-corrected chi connectivity index (χ2v) is 8.02. The molecule has 4 rings (SSSR count). The van der Waals surface area contributed by atoms with Gasteiger partial charge >= 0.3 is 6.18 Å². The van der Waals surface area contributed by atoms with Crippen LogP contribution in [0.25, 0.3) is 5.82 Å². The van der Waals surface area contributed by atoms with E-state index < -0.39 is 35.6 Å². The molecule has 3 aromatic heterocycles. The number of halogens is 4. The van der Waals surface area contributed by atoms with E-state index in [-0.39, 0.29) is 17.2 Å². The van der Waals surface area contributed by atoms with Crippen molar-refractivity contribution in [3.63, 3.8) is 0 Å². The number of aromatic nitrogens is 4. The Balaban J connectivity index is 1.44. The van der Waals surface area contributed by atoms with E-state index in [1.54, 1.807) is 0 Å². The van der Waals surface area contributed by atoms with Crippen LogP contribution in [0.2, 0.25) is 0 Å². The lowest BCUT2D eigenvalue weighted by Crippen LogP contribution is -2.28. The zero-order valence-electron chi connectivity index (χ0n) is 17.4. The summed E-state index contributed by atoms with van der Waals surface area (Å²) < 4.78 is 54.3. The van der Waals surface area contributed by atoms with Crippen LogP contribution in [-0.2, 0) is 23.0 Å². The van der Waals surface area contributed by atoms with Crippen molar-refractivity contribution in [2.24, 2.45) is 0 Å². The minimum absolute atomic E-state index is 0.0412. The molecule has 0 radical (unpaired) electrons. The summed E-state index contributed by atoms with van der Waals surface area (Å²) in [4.78, 5) is 23.9. The van der Waals surface area contributed by atoms with Crippen molar-refractivity contribution < 1.29 is 27.5 Å². The fourth-order valence-electron chi connectivity index (χ4n) is 3.87. The van der Waals surface area contributed by atoms with Crippen LogP contribution in [-0.4, -0.2) is 30.5 Å². The van der Waals surface area contributed by atoms with Crippen molar-refractivity contribution in [3.8, 4) is 5.82 Å². The maximum Gasteiger partial charge on any atom is 0.433 e. The monoisotopic (exact) mass is 463 g/mol. The summed E-state index contributed by atoms with van der Waals surface area (Å²) in [5.74, 6) is -1.48. The van der Waals surface area contributed by atoms with Crippen LogP contribution in [0, 0.1) is 5.82 Å². The molecule has 3 heterocycles. The van der Waals surface area contributed by atoms with E-state index >= 15 is 0 Å². The zero-order chi connectivity index (χ0) is 23.6. The van der Waals surface area contributed by atoms with Gasteiger partial charge in [-0.25, -0.2) is 19.3 Å². The van der Waals surface area contributed by atoms with Gasteiger partial charge in [0.25, 0.3) is 0 Å². The lowest BCUT2D eigenvalue weighted by Gasteiger charge is -2.30. The van der Waals surface area contributed by atoms with Gasteiger partial charge in [-0.3, -0.25) is 9.36 Å². The fraction of sp³-hybridized carbons (Fsp3) is 0.364. The van der Waals surface area contributed by atoms with E-state index in [9.17, 15) is 27.5 Å². The molecule has 33 heavy (non-hydrogen) atoms. The summed E-state index contributed by atoms with van der Waals surface area (Å²) in [7, 11) is 0. The average molecular weight is 463 g/mol. The first-order valence-electron chi connectivity index (χ1n) is 10.4. The summed E-state index contributed by atoms with van der Waals surface area (Å²) in [6.45, 7) is 0. The maximum absolute atomic E-state index is 14.7. The van der Waals surface area contributed by atoms with Crippen molar-refractivity contribution in [2.45, 2.75) is 50.3 Å². The number of anilines is 1. The highest BCUT2D eigenvalue weighted by atomic mass is 19.4. The van der Waals surface area contributed by atoms with E-state index in [0.717, 1.165) is 37.5 Å². The number of hydrogen-bond donors (Lipinski definition) is 2. The third-order valence-corrected chi connectivity index (χ3v) is 5.53. The molecule has 0 unspecified atom stereocenters. The molecule has 174 valence electrons. The SMILES string of the molecule is O=C(Cc1cccc(C(F)(F)F)n1)Nc1cnc(-n2cnc(C3(O)CCCCC3)c2)c(F)c1. The zero-order valence-corrected chi connectivity index (χ0v) is 17.4. The molecule has 0 aliphatic heterocycles. The van der Waals surface area contributed by atoms with Crippen molar-refractivity contribution in [1.82, 2.24) is 19.5 Å². The number of nitrogens with zero attached hydrogens (tertiary/aromatic N) is 4. The van der Waals surface area contributed by atoms with E-state index in [1.165, 1.54) is 29.4 Å². The van der Waals surface area contributed by atoms with E-state index in [1.807, 2.05) is 0 Å². The van der Waals surface area contributed by atoms with Crippen molar-refractivity contribution in [2.75, 3.05) is 5.32 Å². The van der Waals surface area contributed by atoms with E-state index in [4.69, 9.17) is 0 Å². The minimum Gasteiger partial charge on any atom is -0.383 e. The van der Waals surface area contributed by atoms with Crippen molar-refractivity contribution in [1.29, 1.82) is 0 Å². The van der Waals surface area contributed by atoms with Gasteiger partial charge in [0.05, 0.1) is 29.7 Å². The summed E-state index contributed by atoms with van der Waals surface area (Å²) in [6.07, 6.45) is 3.10. The molecule has 1 saturated carbocycles. The number of carbonyl (C=O) groups excluding carboxylic acids is 1. The molecule has 2 N–H and O–H groups in total. The summed E-state index contributed by atoms with van der Waals surface area (Å²) in [5, 5.41) is 13.2. The smallest absolute Gasteiger partial charge is 0.383 e. The number of nitrogens with one attached hydrogen (secondary N) is 1. The Labute approximate surface area is 186 Å². The quantitative estimate of drug-likeness (QED) is 0.555. The average Bonchev–Trinajstić information content (AvgIpc) is 3.25. The number of amides is 1. The van der Waals surface area contributed by atoms with Gasteiger partial charge in [-0.1, -0.05) is 25.3 Å². The number of pyridine rings is 2. The Hall–Kier alpha value is -3.34. The van der Waals surface area contributed by atoms with Crippen LogP contribution >= 0.6 is 0 Å². The summed E-state index contributed by atoms with van der Waals surface area (Å²) >= 11 is 0. The number of aliphatic hydroxyl groups is 1. The Kier molecular flexibility index (Phi) is 6.15. The molecule has 1 aliphatic carbocycles. The van der Waals surface area contributed by atoms with Gasteiger partial charge in [0.1, 0.15) is 17.6 Å². The van der Waals surface area contributed by atoms with Gasteiger partial charge < -0.3 is 10.4 Å². The van der Waals surface area contributed by atoms with Crippen LogP contribution in [0.3, 0.4) is 0 Å². The first-order chi connectivity index (χ1) is 15.6. The fourth-order valence-corrected chi connectivity index (χ4v) is 3.87. The first kappa shape index (κ1) is 22.8. The van der Waals surface area contributed by atoms with Crippen LogP contribution in [0.15, 0.2) is 43.0 Å². The predicted molar refractivity (Wildman–Crippen MR) is 110 cm³/mol. The van der Waals surface area contributed by atoms with Crippen LogP contribution < -0.4 is 5.32 Å². The lowest BCUT2D eigenvalue weighted by atomic mass is 9.83. The van der Waals surface area contributed by atoms with Gasteiger partial charge in [-0.15, -0.1) is 0 Å². The summed E-state index contributed by atoms with van der Waals surface area (Å²) in [5.41, 5.74) is -1.71. The van der Waals surface area contributed by atoms with Gasteiger partial charge in [0, 0.05) is 12.3 Å². The Morgan fingerprint density at radius 1 is 1.18 bits per heavy atom. The molecule has 0 atom stereocenters. The van der Waals surface area contributed by atoms with Gasteiger partial charge in [-0.05, 0) is 25.0 Å². The molecule has 11 heteroatoms. The van der Waals surface area contributed by atoms with E-state index in [0.29, 0.717) is 18.5 Å². The molecule has 3 aromatic rings. The number of hydrogen-bond acceptors (Lipinski definition) is 5. The van der Waals surface area contributed by atoms with E-state index in [2.05, 4.69) is 20.3 Å². The second kappa shape index (κ2) is 8.89. The topological polar surface area (TPSA) is 92.9 Å². The molecule has 0 saturated heterocycles. The highest BCUT2D eigenvalue weighted by molar-refractivity contribution is 5.91. The number of rotatable bonds is 5. The number of carbonyl (C=O) groups is 1. The number of imidazole rings is 1. The number of alkyl halides is 3. The third kappa shape index (κ3) is 5.19. The minimum atomic E-state index is -4.62. The Bertz CT molecular complexity index is 1160. The maximum atomic E-state index is 14.7. The molecule has 1 fully saturated rings. The normalized spacial score (nSPS) is 15.9. The Morgan fingerprint density at radius 3 is 2.64 bits per heavy atom. The van der Waals surface area contributed by atoms with Crippen LogP contribution in [0.5, 0.6) is 0 Å². The van der Waals surface area contributed by atoms with Crippen molar-refractivity contribution in [3.05, 3.63) is 65.9 Å². The lowest BCUT2D eigenvalue weighted by molar-refractivity contribution is -0.141. The first-order valence-corrected chi connectivity index (χ1v) is 10.4. The van der Waals surface area contributed by atoms with Crippen LogP contribution in [0.4, 0.5) is 23.2 Å². The van der Waals surface area contributed by atoms with Gasteiger partial charge in [0.15, 0.2) is 11.6 Å². The molecule has 0 aromatic carbocycles. The molecule has 1 amide bonds. The standard InChI is InChI=1S/C22H21F4N5O2/c23-16-9-15(30-19(32)10-14-5-4-6-17(29-14)22(24,25)26)11-27-20(16)31-12-18(28-13-31)21(33)7-2-1-3-8-21/h4-6,9,11-13,33H,1-3,7-8,10H2,(H,30,32). The molecule has 0 bridgehead atoms. The Morgan fingerprint density at radius 2 is 1.94 bits per heavy atom.